The van der Waals surface area contributed by atoms with Gasteiger partial charge in [-0.2, -0.15) is 0 Å². The fourth-order valence-electron chi connectivity index (χ4n) is 3.04. The van der Waals surface area contributed by atoms with Crippen LogP contribution in [-0.2, 0) is 17.8 Å². The molecule has 2 aromatic heterocycles. The number of ether oxygens (including phenoxy) is 1. The van der Waals surface area contributed by atoms with Crippen molar-refractivity contribution in [2.75, 3.05) is 0 Å². The first-order valence-corrected chi connectivity index (χ1v) is 10.0. The van der Waals surface area contributed by atoms with Crippen LogP contribution in [0.4, 0.5) is 5.69 Å². The fraction of sp³-hybridized carbons (Fsp3) is 0.350. The van der Waals surface area contributed by atoms with Gasteiger partial charge in [0.1, 0.15) is 22.8 Å². The Hall–Kier alpha value is -3.07. The Morgan fingerprint density at radius 2 is 2.10 bits per heavy atom. The summed E-state index contributed by atoms with van der Waals surface area (Å²) in [6.07, 6.45) is 1.82. The number of benzene rings is 1. The Morgan fingerprint density at radius 3 is 2.79 bits per heavy atom. The van der Waals surface area contributed by atoms with Gasteiger partial charge in [0.05, 0.1) is 10.3 Å². The maximum absolute atomic E-state index is 12.6. The first-order valence-electron chi connectivity index (χ1n) is 9.23. The van der Waals surface area contributed by atoms with Crippen LogP contribution in [0.1, 0.15) is 46.9 Å². The van der Waals surface area contributed by atoms with Crippen molar-refractivity contribution in [1.29, 1.82) is 0 Å². The highest BCUT2D eigenvalue weighted by Gasteiger charge is 2.21. The van der Waals surface area contributed by atoms with Gasteiger partial charge < -0.3 is 9.72 Å². The minimum atomic E-state index is -0.847. The Bertz CT molecular complexity index is 1130. The summed E-state index contributed by atoms with van der Waals surface area (Å²) in [5.74, 6) is -0.196. The summed E-state index contributed by atoms with van der Waals surface area (Å²) in [5, 5.41) is 11.6. The number of para-hydroxylation sites is 1. The van der Waals surface area contributed by atoms with E-state index in [4.69, 9.17) is 4.74 Å². The van der Waals surface area contributed by atoms with Crippen LogP contribution in [0.5, 0.6) is 0 Å². The van der Waals surface area contributed by atoms with E-state index in [1.54, 1.807) is 0 Å². The number of aromatic nitrogens is 2. The zero-order chi connectivity index (χ0) is 21.1. The summed E-state index contributed by atoms with van der Waals surface area (Å²) in [5.41, 5.74) is 0.257. The largest absolute Gasteiger partial charge is 0.454 e. The summed E-state index contributed by atoms with van der Waals surface area (Å²) < 4.78 is 5.16. The second-order valence-electron chi connectivity index (χ2n) is 6.90. The number of aryl methyl sites for hydroxylation is 1. The van der Waals surface area contributed by atoms with E-state index in [-0.39, 0.29) is 29.2 Å². The maximum atomic E-state index is 12.6. The standard InChI is InChI=1S/C20H21N3O5S/c1-4-11(2)9-14-12(3)29-19-17(14)18(24)21-16(22-19)10-28-20(25)13-7-5-6-8-15(13)23(26)27/h5-8,11H,4,9-10H2,1-3H3,(H,21,22,24)/t11-/m1/s1. The molecular weight excluding hydrogens is 394 g/mol. The molecule has 152 valence electrons. The van der Waals surface area contributed by atoms with Crippen LogP contribution in [0.25, 0.3) is 10.2 Å². The SMILES string of the molecule is CC[C@@H](C)Cc1c(C)sc2nc(COC(=O)c3ccccc3[N+](=O)[O-])[nH]c(=O)c12. The molecule has 1 aromatic carbocycles. The summed E-state index contributed by atoms with van der Waals surface area (Å²) >= 11 is 1.44. The molecule has 0 radical (unpaired) electrons. The van der Waals surface area contributed by atoms with Crippen molar-refractivity contribution < 1.29 is 14.5 Å². The topological polar surface area (TPSA) is 115 Å². The van der Waals surface area contributed by atoms with Gasteiger partial charge in [0, 0.05) is 10.9 Å². The van der Waals surface area contributed by atoms with Crippen LogP contribution in [0.3, 0.4) is 0 Å². The lowest BCUT2D eigenvalue weighted by Crippen LogP contribution is -2.15. The highest BCUT2D eigenvalue weighted by atomic mass is 32.1. The van der Waals surface area contributed by atoms with Crippen molar-refractivity contribution in [1.82, 2.24) is 9.97 Å². The van der Waals surface area contributed by atoms with Crippen LogP contribution < -0.4 is 5.56 Å². The van der Waals surface area contributed by atoms with Gasteiger partial charge >= 0.3 is 5.97 Å². The number of hydrogen-bond acceptors (Lipinski definition) is 7. The number of aromatic amines is 1. The number of nitrogens with one attached hydrogen (secondary N) is 1. The lowest BCUT2D eigenvalue weighted by atomic mass is 9.98. The predicted molar refractivity (Wildman–Crippen MR) is 110 cm³/mol. The molecule has 0 aliphatic carbocycles. The molecule has 2 heterocycles. The smallest absolute Gasteiger partial charge is 0.345 e. The van der Waals surface area contributed by atoms with Gasteiger partial charge in [0.25, 0.3) is 11.2 Å². The van der Waals surface area contributed by atoms with Gasteiger partial charge in [-0.3, -0.25) is 14.9 Å². The van der Waals surface area contributed by atoms with Crippen molar-refractivity contribution >= 4 is 33.2 Å². The number of thiophene rings is 1. The number of rotatable bonds is 7. The predicted octanol–water partition coefficient (Wildman–Crippen LogP) is 4.15. The van der Waals surface area contributed by atoms with Crippen LogP contribution in [0.2, 0.25) is 0 Å². The maximum Gasteiger partial charge on any atom is 0.345 e. The summed E-state index contributed by atoms with van der Waals surface area (Å²) in [4.78, 5) is 44.1. The number of nitro groups is 1. The molecule has 0 spiro atoms. The van der Waals surface area contributed by atoms with Crippen molar-refractivity contribution in [3.63, 3.8) is 0 Å². The summed E-state index contributed by atoms with van der Waals surface area (Å²) in [7, 11) is 0. The fourth-order valence-corrected chi connectivity index (χ4v) is 4.12. The Morgan fingerprint density at radius 1 is 1.38 bits per heavy atom. The number of esters is 1. The van der Waals surface area contributed by atoms with E-state index < -0.39 is 10.9 Å². The van der Waals surface area contributed by atoms with Crippen molar-refractivity contribution in [3.8, 4) is 0 Å². The first-order chi connectivity index (χ1) is 13.8. The average molecular weight is 415 g/mol. The van der Waals surface area contributed by atoms with Gasteiger partial charge in [-0.25, -0.2) is 9.78 Å². The number of carbonyl (C=O) groups is 1. The molecule has 0 aliphatic rings. The molecule has 8 nitrogen and oxygen atoms in total. The Labute approximate surface area is 170 Å². The second kappa shape index (κ2) is 8.52. The molecule has 0 bridgehead atoms. The third kappa shape index (κ3) is 4.34. The molecule has 0 unspecified atom stereocenters. The van der Waals surface area contributed by atoms with Crippen LogP contribution in [0.15, 0.2) is 29.1 Å². The Balaban J connectivity index is 1.84. The second-order valence-corrected chi connectivity index (χ2v) is 8.10. The van der Waals surface area contributed by atoms with E-state index in [0.29, 0.717) is 16.1 Å². The quantitative estimate of drug-likeness (QED) is 0.352. The third-order valence-electron chi connectivity index (χ3n) is 4.82. The van der Waals surface area contributed by atoms with E-state index in [2.05, 4.69) is 23.8 Å². The highest BCUT2D eigenvalue weighted by molar-refractivity contribution is 7.18. The molecule has 0 aliphatic heterocycles. The number of carbonyl (C=O) groups excluding carboxylic acids is 1. The molecule has 1 atom stereocenters. The van der Waals surface area contributed by atoms with E-state index in [1.807, 2.05) is 6.92 Å². The third-order valence-corrected chi connectivity index (χ3v) is 5.86. The lowest BCUT2D eigenvalue weighted by Gasteiger charge is -2.08. The van der Waals surface area contributed by atoms with E-state index in [0.717, 1.165) is 23.3 Å². The van der Waals surface area contributed by atoms with E-state index in [1.165, 1.54) is 35.6 Å². The van der Waals surface area contributed by atoms with Gasteiger partial charge in [0.2, 0.25) is 0 Å². The number of nitro benzene ring substituents is 1. The normalized spacial score (nSPS) is 12.1. The summed E-state index contributed by atoms with van der Waals surface area (Å²) in [6, 6.07) is 5.54. The molecule has 0 amide bonds. The van der Waals surface area contributed by atoms with Crippen molar-refractivity contribution in [3.05, 3.63) is 66.6 Å². The van der Waals surface area contributed by atoms with Crippen LogP contribution in [0, 0.1) is 23.0 Å². The number of fused-ring (bicyclic) bond motifs is 1. The first kappa shape index (κ1) is 20.7. The lowest BCUT2D eigenvalue weighted by molar-refractivity contribution is -0.385. The zero-order valence-electron chi connectivity index (χ0n) is 16.4. The number of nitrogens with zero attached hydrogens (tertiary/aromatic N) is 2. The minimum Gasteiger partial charge on any atom is -0.454 e. The van der Waals surface area contributed by atoms with Gasteiger partial charge in [-0.15, -0.1) is 11.3 Å². The number of H-pyrrole nitrogens is 1. The Kier molecular flexibility index (Phi) is 6.07. The van der Waals surface area contributed by atoms with Gasteiger partial charge in [-0.05, 0) is 30.9 Å². The molecule has 3 rings (SSSR count). The molecule has 1 N–H and O–H groups in total. The van der Waals surface area contributed by atoms with Crippen LogP contribution in [-0.4, -0.2) is 20.9 Å². The van der Waals surface area contributed by atoms with Crippen LogP contribution >= 0.6 is 11.3 Å². The molecular formula is C20H21N3O5S. The molecule has 0 fully saturated rings. The summed E-state index contributed by atoms with van der Waals surface area (Å²) in [6.45, 7) is 5.94. The molecule has 9 heteroatoms. The van der Waals surface area contributed by atoms with E-state index >= 15 is 0 Å². The van der Waals surface area contributed by atoms with Crippen molar-refractivity contribution in [2.45, 2.75) is 40.2 Å². The molecule has 3 aromatic rings. The highest BCUT2D eigenvalue weighted by Crippen LogP contribution is 2.29. The molecule has 0 saturated heterocycles. The number of hydrogen-bond donors (Lipinski definition) is 1. The van der Waals surface area contributed by atoms with Gasteiger partial charge in [0.15, 0.2) is 0 Å². The van der Waals surface area contributed by atoms with Gasteiger partial charge in [-0.1, -0.05) is 32.4 Å². The van der Waals surface area contributed by atoms with Crippen molar-refractivity contribution in [2.24, 2.45) is 5.92 Å². The van der Waals surface area contributed by atoms with E-state index in [9.17, 15) is 19.7 Å². The zero-order valence-corrected chi connectivity index (χ0v) is 17.2. The minimum absolute atomic E-state index is 0.149. The average Bonchev–Trinajstić information content (AvgIpc) is 3.01. The monoisotopic (exact) mass is 415 g/mol. The molecule has 29 heavy (non-hydrogen) atoms. The molecule has 0 saturated carbocycles.